The summed E-state index contributed by atoms with van der Waals surface area (Å²) in [6.45, 7) is 1.54. The lowest BCUT2D eigenvalue weighted by Gasteiger charge is -2.18. The van der Waals surface area contributed by atoms with Gasteiger partial charge in [0.2, 0.25) is 5.91 Å². The van der Waals surface area contributed by atoms with Crippen LogP contribution in [0.25, 0.3) is 17.0 Å². The molecule has 30 heavy (non-hydrogen) atoms. The lowest BCUT2D eigenvalue weighted by Crippen LogP contribution is -2.35. The number of thioether (sulfide) groups is 1. The summed E-state index contributed by atoms with van der Waals surface area (Å²) in [5.74, 6) is -0.0449. The van der Waals surface area contributed by atoms with Crippen LogP contribution in [0, 0.1) is 0 Å². The third-order valence-corrected chi connectivity index (χ3v) is 7.02. The van der Waals surface area contributed by atoms with E-state index >= 15 is 0 Å². The Balaban J connectivity index is 1.40. The molecule has 0 unspecified atom stereocenters. The van der Waals surface area contributed by atoms with Crippen LogP contribution >= 0.6 is 24.0 Å². The van der Waals surface area contributed by atoms with Crippen molar-refractivity contribution in [2.24, 2.45) is 0 Å². The zero-order valence-corrected chi connectivity index (χ0v) is 18.1. The molecule has 156 valence electrons. The van der Waals surface area contributed by atoms with Gasteiger partial charge in [0.25, 0.3) is 5.91 Å². The Morgan fingerprint density at radius 2 is 2.13 bits per heavy atom. The first-order valence-electron chi connectivity index (χ1n) is 10.3. The smallest absolute Gasteiger partial charge is 0.266 e. The van der Waals surface area contributed by atoms with Crippen LogP contribution in [0.3, 0.4) is 0 Å². The summed E-state index contributed by atoms with van der Waals surface area (Å²) in [5.41, 5.74) is 1.90. The van der Waals surface area contributed by atoms with Gasteiger partial charge < -0.3 is 14.6 Å². The average molecular weight is 442 g/mol. The minimum atomic E-state index is -0.0659. The predicted molar refractivity (Wildman–Crippen MR) is 122 cm³/mol. The Morgan fingerprint density at radius 1 is 1.30 bits per heavy atom. The highest BCUT2D eigenvalue weighted by Crippen LogP contribution is 2.35. The van der Waals surface area contributed by atoms with Crippen LogP contribution in [-0.4, -0.2) is 50.9 Å². The monoisotopic (exact) mass is 441 g/mol. The number of thiocarbonyl (C=S) groups is 1. The summed E-state index contributed by atoms with van der Waals surface area (Å²) in [6, 6.07) is 8.28. The maximum atomic E-state index is 13.0. The normalized spacial score (nSPS) is 23.1. The molecule has 1 aromatic heterocycles. The molecule has 6 nitrogen and oxygen atoms in total. The highest BCUT2D eigenvalue weighted by molar-refractivity contribution is 8.26. The fourth-order valence-electron chi connectivity index (χ4n) is 3.97. The maximum Gasteiger partial charge on any atom is 0.266 e. The highest BCUT2D eigenvalue weighted by Gasteiger charge is 2.34. The third kappa shape index (κ3) is 4.04. The van der Waals surface area contributed by atoms with Crippen LogP contribution in [0.5, 0.6) is 0 Å². The van der Waals surface area contributed by atoms with Crippen molar-refractivity contribution in [3.8, 4) is 0 Å². The van der Waals surface area contributed by atoms with Crippen molar-refractivity contribution in [1.29, 1.82) is 0 Å². The van der Waals surface area contributed by atoms with Gasteiger partial charge in [-0.25, -0.2) is 0 Å². The molecular formula is C22H23N3O3S2. The number of benzene rings is 1. The van der Waals surface area contributed by atoms with Gasteiger partial charge >= 0.3 is 0 Å². The zero-order chi connectivity index (χ0) is 20.7. The molecule has 1 atom stereocenters. The molecule has 8 heteroatoms. The molecule has 3 fully saturated rings. The average Bonchev–Trinajstić information content (AvgIpc) is 3.16. The Bertz CT molecular complexity index is 1050. The third-order valence-electron chi connectivity index (χ3n) is 5.65. The molecule has 2 aromatic rings. The number of ether oxygens (including phenoxy) is 1. The summed E-state index contributed by atoms with van der Waals surface area (Å²) < 4.78 is 8.20. The number of hydrogen-bond acceptors (Lipinski definition) is 5. The van der Waals surface area contributed by atoms with Crippen molar-refractivity contribution in [2.75, 3.05) is 13.2 Å². The number of nitrogens with one attached hydrogen (secondary N) is 1. The van der Waals surface area contributed by atoms with Crippen molar-refractivity contribution < 1.29 is 14.3 Å². The Morgan fingerprint density at radius 3 is 2.90 bits per heavy atom. The standard InChI is InChI=1S/C22H23N3O3S2/c26-20(23-15-7-8-15)13-24-11-14(17-5-1-2-6-18(17)24)10-19-21(27)25(22(29)30-19)12-16-4-3-9-28-16/h1-2,5-6,10-11,15-16H,3-4,7-9,12-13H2,(H,23,26)/b19-10-/t16-/m0/s1. The quantitative estimate of drug-likeness (QED) is 0.551. The number of fused-ring (bicyclic) bond motifs is 1. The largest absolute Gasteiger partial charge is 0.376 e. The van der Waals surface area contributed by atoms with Gasteiger partial charge in [-0.05, 0) is 37.8 Å². The van der Waals surface area contributed by atoms with Gasteiger partial charge in [0, 0.05) is 35.3 Å². The van der Waals surface area contributed by atoms with E-state index in [1.165, 1.54) is 11.8 Å². The number of amides is 2. The van der Waals surface area contributed by atoms with Gasteiger partial charge in [0.15, 0.2) is 0 Å². The van der Waals surface area contributed by atoms with E-state index in [0.29, 0.717) is 21.8 Å². The predicted octanol–water partition coefficient (Wildman–Crippen LogP) is 3.30. The molecule has 1 N–H and O–H groups in total. The fourth-order valence-corrected chi connectivity index (χ4v) is 5.23. The Hall–Kier alpha value is -2.16. The van der Waals surface area contributed by atoms with E-state index in [1.54, 1.807) is 4.90 Å². The fraction of sp³-hybridized carbons (Fsp3) is 0.409. The van der Waals surface area contributed by atoms with E-state index in [1.807, 2.05) is 41.1 Å². The molecule has 5 rings (SSSR count). The van der Waals surface area contributed by atoms with Gasteiger partial charge in [-0.2, -0.15) is 0 Å². The van der Waals surface area contributed by atoms with Crippen LogP contribution in [0.2, 0.25) is 0 Å². The molecule has 2 amide bonds. The van der Waals surface area contributed by atoms with E-state index in [-0.39, 0.29) is 24.5 Å². The molecule has 0 spiro atoms. The van der Waals surface area contributed by atoms with Gasteiger partial charge in [-0.15, -0.1) is 0 Å². The molecule has 1 saturated carbocycles. The lowest BCUT2D eigenvalue weighted by atomic mass is 10.1. The minimum Gasteiger partial charge on any atom is -0.376 e. The van der Waals surface area contributed by atoms with Crippen molar-refractivity contribution in [1.82, 2.24) is 14.8 Å². The minimum absolute atomic E-state index is 0.0210. The Kier molecular flexibility index (Phi) is 5.39. The van der Waals surface area contributed by atoms with Gasteiger partial charge in [-0.1, -0.05) is 42.2 Å². The second-order valence-electron chi connectivity index (χ2n) is 8.00. The molecule has 3 heterocycles. The number of carbonyl (C=O) groups is 2. The molecule has 1 aliphatic carbocycles. The van der Waals surface area contributed by atoms with Crippen molar-refractivity contribution in [2.45, 2.75) is 44.4 Å². The number of rotatable bonds is 6. The first-order valence-corrected chi connectivity index (χ1v) is 11.5. The summed E-state index contributed by atoms with van der Waals surface area (Å²) >= 11 is 6.80. The number of hydrogen-bond donors (Lipinski definition) is 1. The van der Waals surface area contributed by atoms with Crippen LogP contribution < -0.4 is 5.32 Å². The van der Waals surface area contributed by atoms with Crippen molar-refractivity contribution in [3.63, 3.8) is 0 Å². The highest BCUT2D eigenvalue weighted by atomic mass is 32.2. The molecule has 0 bridgehead atoms. The van der Waals surface area contributed by atoms with E-state index in [2.05, 4.69) is 5.32 Å². The van der Waals surface area contributed by atoms with E-state index in [0.717, 1.165) is 48.8 Å². The van der Waals surface area contributed by atoms with Gasteiger partial charge in [0.05, 0.1) is 17.6 Å². The van der Waals surface area contributed by atoms with Crippen LogP contribution in [0.4, 0.5) is 0 Å². The van der Waals surface area contributed by atoms with Crippen LogP contribution in [-0.2, 0) is 20.9 Å². The summed E-state index contributed by atoms with van der Waals surface area (Å²) in [6.07, 6.45) is 8.04. The van der Waals surface area contributed by atoms with E-state index in [4.69, 9.17) is 17.0 Å². The number of nitrogens with zero attached hydrogens (tertiary/aromatic N) is 2. The zero-order valence-electron chi connectivity index (χ0n) is 16.5. The molecule has 2 saturated heterocycles. The van der Waals surface area contributed by atoms with Gasteiger partial charge in [-0.3, -0.25) is 14.5 Å². The molecule has 0 radical (unpaired) electrons. The van der Waals surface area contributed by atoms with E-state index < -0.39 is 0 Å². The van der Waals surface area contributed by atoms with Crippen LogP contribution in [0.1, 0.15) is 31.2 Å². The summed E-state index contributed by atoms with van der Waals surface area (Å²) in [4.78, 5) is 27.6. The van der Waals surface area contributed by atoms with Crippen LogP contribution in [0.15, 0.2) is 35.4 Å². The lowest BCUT2D eigenvalue weighted by molar-refractivity contribution is -0.123. The second-order valence-corrected chi connectivity index (χ2v) is 9.67. The number of aromatic nitrogens is 1. The SMILES string of the molecule is O=C(Cn1cc(/C=C2\SC(=S)N(C[C@@H]3CCCO3)C2=O)c2ccccc21)NC1CC1. The first-order chi connectivity index (χ1) is 14.6. The number of para-hydroxylation sites is 1. The van der Waals surface area contributed by atoms with E-state index in [9.17, 15) is 9.59 Å². The maximum absolute atomic E-state index is 13.0. The second kappa shape index (κ2) is 8.17. The topological polar surface area (TPSA) is 63.6 Å². The molecule has 3 aliphatic rings. The number of carbonyl (C=O) groups excluding carboxylic acids is 2. The first kappa shape index (κ1) is 19.8. The van der Waals surface area contributed by atoms with Crippen molar-refractivity contribution >= 4 is 57.1 Å². The van der Waals surface area contributed by atoms with Gasteiger partial charge in [0.1, 0.15) is 10.9 Å². The Labute approximate surface area is 184 Å². The van der Waals surface area contributed by atoms with Crippen molar-refractivity contribution in [3.05, 3.63) is 40.9 Å². The molecule has 1 aromatic carbocycles. The molecule has 2 aliphatic heterocycles. The summed E-state index contributed by atoms with van der Waals surface area (Å²) in [7, 11) is 0. The molecular weight excluding hydrogens is 418 g/mol. The summed E-state index contributed by atoms with van der Waals surface area (Å²) in [5, 5.41) is 4.05.